The maximum absolute atomic E-state index is 12.5. The van der Waals surface area contributed by atoms with Crippen molar-refractivity contribution in [3.05, 3.63) is 59.7 Å². The molecule has 2 aromatic carbocycles. The fourth-order valence-electron chi connectivity index (χ4n) is 2.49. The minimum absolute atomic E-state index is 0.0477. The first-order chi connectivity index (χ1) is 14.6. The molecule has 0 radical (unpaired) electrons. The molecular formula is C23H27N3O4S. The van der Waals surface area contributed by atoms with Crippen LogP contribution in [0.25, 0.3) is 0 Å². The van der Waals surface area contributed by atoms with Gasteiger partial charge in [-0.1, -0.05) is 32.9 Å². The summed E-state index contributed by atoms with van der Waals surface area (Å²) in [7, 11) is 1.55. The van der Waals surface area contributed by atoms with Crippen LogP contribution in [-0.4, -0.2) is 42.9 Å². The van der Waals surface area contributed by atoms with E-state index >= 15 is 0 Å². The number of anilines is 1. The van der Waals surface area contributed by atoms with Gasteiger partial charge in [0.15, 0.2) is 5.78 Å². The summed E-state index contributed by atoms with van der Waals surface area (Å²) in [6.45, 7) is 5.36. The van der Waals surface area contributed by atoms with Crippen LogP contribution in [0, 0.1) is 5.41 Å². The van der Waals surface area contributed by atoms with Gasteiger partial charge >= 0.3 is 0 Å². The lowest BCUT2D eigenvalue weighted by Crippen LogP contribution is -2.35. The number of ketones is 1. The van der Waals surface area contributed by atoms with Crippen molar-refractivity contribution in [3.8, 4) is 0 Å². The topological polar surface area (TPSA) is 104 Å². The second-order valence-corrected chi connectivity index (χ2v) is 8.86. The number of amides is 3. The first-order valence-electron chi connectivity index (χ1n) is 9.77. The molecule has 2 aromatic rings. The Morgan fingerprint density at radius 2 is 1.55 bits per heavy atom. The second kappa shape index (κ2) is 10.8. The smallest absolute Gasteiger partial charge is 0.252 e. The number of carbonyl (C=O) groups is 4. The zero-order chi connectivity index (χ0) is 23.0. The van der Waals surface area contributed by atoms with E-state index in [4.69, 9.17) is 0 Å². The Hall–Kier alpha value is -3.13. The van der Waals surface area contributed by atoms with Gasteiger partial charge in [-0.2, -0.15) is 0 Å². The molecule has 0 spiro atoms. The predicted molar refractivity (Wildman–Crippen MR) is 122 cm³/mol. The normalized spacial score (nSPS) is 10.8. The maximum atomic E-state index is 12.5. The Bertz CT molecular complexity index is 966. The Balaban J connectivity index is 1.95. The highest BCUT2D eigenvalue weighted by Crippen LogP contribution is 2.23. The number of hydrogen-bond acceptors (Lipinski definition) is 5. The zero-order valence-electron chi connectivity index (χ0n) is 18.1. The standard InChI is InChI=1S/C23H27N3O4S/c1-23(2,3)19(27)13-25-22(30)17-7-5-6-8-18(17)31-14-20(28)26-16-11-9-15(10-12-16)21(29)24-4/h5-12H,13-14H2,1-4H3,(H,24,29)(H,25,30)(H,26,28). The molecule has 3 amide bonds. The van der Waals surface area contributed by atoms with Crippen molar-refractivity contribution < 1.29 is 19.2 Å². The third-order valence-corrected chi connectivity index (χ3v) is 5.47. The number of rotatable bonds is 8. The highest BCUT2D eigenvalue weighted by atomic mass is 32.2. The Morgan fingerprint density at radius 3 is 2.16 bits per heavy atom. The van der Waals surface area contributed by atoms with Crippen LogP contribution >= 0.6 is 11.8 Å². The van der Waals surface area contributed by atoms with Crippen molar-refractivity contribution in [2.75, 3.05) is 24.7 Å². The first kappa shape index (κ1) is 24.1. The Labute approximate surface area is 186 Å². The van der Waals surface area contributed by atoms with Crippen LogP contribution in [0.2, 0.25) is 0 Å². The lowest BCUT2D eigenvalue weighted by molar-refractivity contribution is -0.125. The van der Waals surface area contributed by atoms with Gasteiger partial charge in [0.2, 0.25) is 5.91 Å². The molecule has 0 saturated heterocycles. The Kier molecular flexibility index (Phi) is 8.38. The van der Waals surface area contributed by atoms with Gasteiger partial charge in [0, 0.05) is 28.6 Å². The summed E-state index contributed by atoms with van der Waals surface area (Å²) in [5.74, 6) is -0.760. The fraction of sp³-hybridized carbons (Fsp3) is 0.304. The number of nitrogens with one attached hydrogen (secondary N) is 3. The SMILES string of the molecule is CNC(=O)c1ccc(NC(=O)CSc2ccccc2C(=O)NCC(=O)C(C)(C)C)cc1. The van der Waals surface area contributed by atoms with Crippen LogP contribution in [0.5, 0.6) is 0 Å². The maximum Gasteiger partial charge on any atom is 0.252 e. The molecule has 8 heteroatoms. The largest absolute Gasteiger partial charge is 0.355 e. The number of benzene rings is 2. The van der Waals surface area contributed by atoms with E-state index < -0.39 is 5.41 Å². The van der Waals surface area contributed by atoms with Crippen molar-refractivity contribution in [1.29, 1.82) is 0 Å². The number of carbonyl (C=O) groups excluding carboxylic acids is 4. The van der Waals surface area contributed by atoms with Gasteiger partial charge in [-0.25, -0.2) is 0 Å². The molecule has 3 N–H and O–H groups in total. The summed E-state index contributed by atoms with van der Waals surface area (Å²) in [5.41, 5.74) is 0.958. The fourth-order valence-corrected chi connectivity index (χ4v) is 3.34. The van der Waals surface area contributed by atoms with E-state index in [9.17, 15) is 19.2 Å². The van der Waals surface area contributed by atoms with Crippen LogP contribution in [0.4, 0.5) is 5.69 Å². The quantitative estimate of drug-likeness (QED) is 0.546. The monoisotopic (exact) mass is 441 g/mol. The van der Waals surface area contributed by atoms with Gasteiger partial charge in [0.05, 0.1) is 17.9 Å². The lowest BCUT2D eigenvalue weighted by Gasteiger charge is -2.17. The van der Waals surface area contributed by atoms with Crippen molar-refractivity contribution in [2.45, 2.75) is 25.7 Å². The molecule has 0 aromatic heterocycles. The summed E-state index contributed by atoms with van der Waals surface area (Å²) in [6, 6.07) is 13.5. The van der Waals surface area contributed by atoms with Crippen LogP contribution in [0.15, 0.2) is 53.4 Å². The predicted octanol–water partition coefficient (Wildman–Crippen LogP) is 3.12. The van der Waals surface area contributed by atoms with E-state index in [1.165, 1.54) is 11.8 Å². The molecule has 0 heterocycles. The summed E-state index contributed by atoms with van der Waals surface area (Å²) in [6.07, 6.45) is 0. The molecule has 0 aliphatic carbocycles. The van der Waals surface area contributed by atoms with E-state index in [1.54, 1.807) is 76.3 Å². The van der Waals surface area contributed by atoms with Crippen molar-refractivity contribution in [1.82, 2.24) is 10.6 Å². The van der Waals surface area contributed by atoms with Gasteiger partial charge in [-0.15, -0.1) is 11.8 Å². The summed E-state index contributed by atoms with van der Waals surface area (Å²) in [5, 5.41) is 7.96. The second-order valence-electron chi connectivity index (χ2n) is 7.85. The molecule has 0 fully saturated rings. The third kappa shape index (κ3) is 7.25. The molecule has 0 bridgehead atoms. The number of hydrogen-bond donors (Lipinski definition) is 3. The number of thioether (sulfide) groups is 1. The third-order valence-electron chi connectivity index (χ3n) is 4.39. The zero-order valence-corrected chi connectivity index (χ0v) is 18.9. The summed E-state index contributed by atoms with van der Waals surface area (Å²) >= 11 is 1.23. The van der Waals surface area contributed by atoms with Crippen molar-refractivity contribution in [2.24, 2.45) is 5.41 Å². The van der Waals surface area contributed by atoms with Crippen LogP contribution in [-0.2, 0) is 9.59 Å². The number of Topliss-reactive ketones (excluding diaryl/α,β-unsaturated/α-hetero) is 1. The first-order valence-corrected chi connectivity index (χ1v) is 10.8. The summed E-state index contributed by atoms with van der Waals surface area (Å²) < 4.78 is 0. The molecule has 31 heavy (non-hydrogen) atoms. The van der Waals surface area contributed by atoms with E-state index in [0.717, 1.165) is 0 Å². The average Bonchev–Trinajstić information content (AvgIpc) is 2.75. The molecule has 0 aliphatic heterocycles. The van der Waals surface area contributed by atoms with Crippen molar-refractivity contribution in [3.63, 3.8) is 0 Å². The Morgan fingerprint density at radius 1 is 0.903 bits per heavy atom. The van der Waals surface area contributed by atoms with Gasteiger partial charge < -0.3 is 16.0 Å². The van der Waals surface area contributed by atoms with Gasteiger partial charge in [0.1, 0.15) is 0 Å². The molecule has 0 atom stereocenters. The molecule has 2 rings (SSSR count). The minimum Gasteiger partial charge on any atom is -0.355 e. The molecule has 164 valence electrons. The van der Waals surface area contributed by atoms with E-state index in [0.29, 0.717) is 21.7 Å². The highest BCUT2D eigenvalue weighted by Gasteiger charge is 2.22. The average molecular weight is 442 g/mol. The minimum atomic E-state index is -0.530. The molecule has 0 unspecified atom stereocenters. The molecular weight excluding hydrogens is 414 g/mol. The highest BCUT2D eigenvalue weighted by molar-refractivity contribution is 8.00. The molecule has 0 saturated carbocycles. The van der Waals surface area contributed by atoms with E-state index in [1.807, 2.05) is 0 Å². The molecule has 0 aliphatic rings. The molecule has 7 nitrogen and oxygen atoms in total. The van der Waals surface area contributed by atoms with Gasteiger partial charge in [0.25, 0.3) is 11.8 Å². The van der Waals surface area contributed by atoms with Gasteiger partial charge in [-0.3, -0.25) is 19.2 Å². The van der Waals surface area contributed by atoms with Crippen molar-refractivity contribution >= 4 is 41.0 Å². The van der Waals surface area contributed by atoms with E-state index in [2.05, 4.69) is 16.0 Å². The van der Waals surface area contributed by atoms with Crippen LogP contribution in [0.3, 0.4) is 0 Å². The van der Waals surface area contributed by atoms with Crippen LogP contribution in [0.1, 0.15) is 41.5 Å². The van der Waals surface area contributed by atoms with E-state index in [-0.39, 0.29) is 35.8 Å². The van der Waals surface area contributed by atoms with Gasteiger partial charge in [-0.05, 0) is 36.4 Å². The van der Waals surface area contributed by atoms with Crippen LogP contribution < -0.4 is 16.0 Å². The lowest BCUT2D eigenvalue weighted by atomic mass is 9.91. The summed E-state index contributed by atoms with van der Waals surface area (Å²) in [4.78, 5) is 49.1.